The second-order valence-corrected chi connectivity index (χ2v) is 4.13. The van der Waals surface area contributed by atoms with E-state index < -0.39 is 0 Å². The Balaban J connectivity index is 3.40. The standard InChI is InChI=1S/C11H25NO2/c1-5-7-12-10-11(2,3)14-9-6-8-13-4/h12H,5-10H2,1-4H3. The second-order valence-electron chi connectivity index (χ2n) is 4.13. The molecule has 0 radical (unpaired) electrons. The van der Waals surface area contributed by atoms with Gasteiger partial charge in [0.1, 0.15) is 0 Å². The Kier molecular flexibility index (Phi) is 8.14. The summed E-state index contributed by atoms with van der Waals surface area (Å²) in [6, 6.07) is 0. The van der Waals surface area contributed by atoms with Gasteiger partial charge >= 0.3 is 0 Å². The van der Waals surface area contributed by atoms with Gasteiger partial charge in [0.25, 0.3) is 0 Å². The molecule has 14 heavy (non-hydrogen) atoms. The van der Waals surface area contributed by atoms with Crippen LogP contribution in [0, 0.1) is 0 Å². The van der Waals surface area contributed by atoms with Crippen LogP contribution in [0.3, 0.4) is 0 Å². The highest BCUT2D eigenvalue weighted by Gasteiger charge is 2.16. The molecule has 86 valence electrons. The summed E-state index contributed by atoms with van der Waals surface area (Å²) in [5, 5.41) is 3.36. The molecule has 0 atom stereocenters. The van der Waals surface area contributed by atoms with Crippen LogP contribution in [0.25, 0.3) is 0 Å². The average Bonchev–Trinajstić information content (AvgIpc) is 2.13. The molecule has 0 bridgehead atoms. The van der Waals surface area contributed by atoms with E-state index in [4.69, 9.17) is 9.47 Å². The topological polar surface area (TPSA) is 30.5 Å². The summed E-state index contributed by atoms with van der Waals surface area (Å²) in [5.41, 5.74) is -0.0666. The first kappa shape index (κ1) is 13.9. The normalized spacial score (nSPS) is 12.0. The van der Waals surface area contributed by atoms with E-state index in [1.54, 1.807) is 7.11 Å². The van der Waals surface area contributed by atoms with Crippen molar-refractivity contribution in [1.29, 1.82) is 0 Å². The molecule has 0 saturated heterocycles. The van der Waals surface area contributed by atoms with Crippen molar-refractivity contribution in [1.82, 2.24) is 5.32 Å². The van der Waals surface area contributed by atoms with Gasteiger partial charge in [-0.2, -0.15) is 0 Å². The summed E-state index contributed by atoms with van der Waals surface area (Å²) in [7, 11) is 1.72. The van der Waals surface area contributed by atoms with Crippen LogP contribution in [0.4, 0.5) is 0 Å². The van der Waals surface area contributed by atoms with Gasteiger partial charge in [-0.25, -0.2) is 0 Å². The lowest BCUT2D eigenvalue weighted by atomic mass is 10.1. The van der Waals surface area contributed by atoms with E-state index in [9.17, 15) is 0 Å². The van der Waals surface area contributed by atoms with Crippen LogP contribution in [-0.2, 0) is 9.47 Å². The molecule has 0 saturated carbocycles. The van der Waals surface area contributed by atoms with Crippen LogP contribution in [0.2, 0.25) is 0 Å². The minimum absolute atomic E-state index is 0.0666. The largest absolute Gasteiger partial charge is 0.385 e. The van der Waals surface area contributed by atoms with E-state index in [2.05, 4.69) is 26.1 Å². The number of rotatable bonds is 9. The van der Waals surface area contributed by atoms with Crippen LogP contribution in [0.1, 0.15) is 33.6 Å². The molecule has 0 heterocycles. The van der Waals surface area contributed by atoms with Gasteiger partial charge in [0.05, 0.1) is 5.60 Å². The van der Waals surface area contributed by atoms with Crippen molar-refractivity contribution in [3.05, 3.63) is 0 Å². The Hall–Kier alpha value is -0.120. The molecule has 0 aliphatic rings. The maximum atomic E-state index is 5.74. The first-order chi connectivity index (χ1) is 6.62. The molecule has 0 aromatic carbocycles. The zero-order chi connectivity index (χ0) is 10.9. The summed E-state index contributed by atoms with van der Waals surface area (Å²) in [6.45, 7) is 9.91. The molecule has 0 aromatic heterocycles. The first-order valence-electron chi connectivity index (χ1n) is 5.46. The van der Waals surface area contributed by atoms with E-state index in [-0.39, 0.29) is 5.60 Å². The molecule has 0 rings (SSSR count). The lowest BCUT2D eigenvalue weighted by molar-refractivity contribution is -0.0232. The van der Waals surface area contributed by atoms with Crippen molar-refractivity contribution in [2.24, 2.45) is 0 Å². The summed E-state index contributed by atoms with van der Waals surface area (Å²) in [6.07, 6.45) is 2.13. The third-order valence-corrected chi connectivity index (χ3v) is 1.96. The second kappa shape index (κ2) is 8.21. The Labute approximate surface area is 88.2 Å². The Morgan fingerprint density at radius 1 is 1.21 bits per heavy atom. The molecular formula is C11H25NO2. The van der Waals surface area contributed by atoms with E-state index in [1.165, 1.54) is 6.42 Å². The van der Waals surface area contributed by atoms with Gasteiger partial charge in [0.15, 0.2) is 0 Å². The molecule has 0 aromatic rings. The molecule has 3 heteroatoms. The average molecular weight is 203 g/mol. The van der Waals surface area contributed by atoms with Crippen LogP contribution < -0.4 is 5.32 Å². The fraction of sp³-hybridized carbons (Fsp3) is 1.00. The Morgan fingerprint density at radius 3 is 2.50 bits per heavy atom. The highest BCUT2D eigenvalue weighted by atomic mass is 16.5. The van der Waals surface area contributed by atoms with Gasteiger partial charge in [-0.05, 0) is 33.2 Å². The highest BCUT2D eigenvalue weighted by molar-refractivity contribution is 4.71. The minimum atomic E-state index is -0.0666. The third-order valence-electron chi connectivity index (χ3n) is 1.96. The molecule has 1 N–H and O–H groups in total. The van der Waals surface area contributed by atoms with Crippen LogP contribution in [0.5, 0.6) is 0 Å². The number of hydrogen-bond donors (Lipinski definition) is 1. The van der Waals surface area contributed by atoms with E-state index >= 15 is 0 Å². The van der Waals surface area contributed by atoms with Gasteiger partial charge in [-0.3, -0.25) is 0 Å². The predicted molar refractivity (Wildman–Crippen MR) is 59.7 cm³/mol. The van der Waals surface area contributed by atoms with Crippen LogP contribution in [-0.4, -0.2) is 39.0 Å². The molecular weight excluding hydrogens is 178 g/mol. The number of ether oxygens (including phenoxy) is 2. The quantitative estimate of drug-likeness (QED) is 0.580. The lowest BCUT2D eigenvalue weighted by Crippen LogP contribution is -2.38. The molecule has 0 aliphatic heterocycles. The Morgan fingerprint density at radius 2 is 1.93 bits per heavy atom. The van der Waals surface area contributed by atoms with Crippen molar-refractivity contribution >= 4 is 0 Å². The summed E-state index contributed by atoms with van der Waals surface area (Å²) in [5.74, 6) is 0. The van der Waals surface area contributed by atoms with E-state index in [0.717, 1.165) is 32.7 Å². The molecule has 0 amide bonds. The van der Waals surface area contributed by atoms with Crippen molar-refractivity contribution in [2.75, 3.05) is 33.4 Å². The smallest absolute Gasteiger partial charge is 0.0750 e. The molecule has 0 spiro atoms. The summed E-state index contributed by atoms with van der Waals surface area (Å²) >= 11 is 0. The fourth-order valence-electron chi connectivity index (χ4n) is 1.17. The predicted octanol–water partition coefficient (Wildman–Crippen LogP) is 1.82. The molecule has 0 unspecified atom stereocenters. The zero-order valence-corrected chi connectivity index (χ0v) is 10.1. The van der Waals surface area contributed by atoms with Gasteiger partial charge in [-0.15, -0.1) is 0 Å². The van der Waals surface area contributed by atoms with Crippen LogP contribution in [0.15, 0.2) is 0 Å². The lowest BCUT2D eigenvalue weighted by Gasteiger charge is -2.25. The zero-order valence-electron chi connectivity index (χ0n) is 10.1. The number of methoxy groups -OCH3 is 1. The first-order valence-corrected chi connectivity index (χ1v) is 5.46. The van der Waals surface area contributed by atoms with Gasteiger partial charge in [0.2, 0.25) is 0 Å². The summed E-state index contributed by atoms with van der Waals surface area (Å²) in [4.78, 5) is 0. The maximum absolute atomic E-state index is 5.74. The molecule has 0 aliphatic carbocycles. The van der Waals surface area contributed by atoms with Gasteiger partial charge in [0, 0.05) is 26.9 Å². The van der Waals surface area contributed by atoms with Crippen molar-refractivity contribution in [3.8, 4) is 0 Å². The van der Waals surface area contributed by atoms with E-state index in [1.807, 2.05) is 0 Å². The fourth-order valence-corrected chi connectivity index (χ4v) is 1.17. The molecule has 3 nitrogen and oxygen atoms in total. The van der Waals surface area contributed by atoms with Crippen molar-refractivity contribution in [3.63, 3.8) is 0 Å². The molecule has 0 fully saturated rings. The SMILES string of the molecule is CCCNCC(C)(C)OCCCOC. The number of hydrogen-bond acceptors (Lipinski definition) is 3. The van der Waals surface area contributed by atoms with Gasteiger partial charge in [-0.1, -0.05) is 6.92 Å². The summed E-state index contributed by atoms with van der Waals surface area (Å²) < 4.78 is 10.7. The highest BCUT2D eigenvalue weighted by Crippen LogP contribution is 2.07. The third kappa shape index (κ3) is 8.48. The van der Waals surface area contributed by atoms with Crippen molar-refractivity contribution in [2.45, 2.75) is 39.2 Å². The van der Waals surface area contributed by atoms with E-state index in [0.29, 0.717) is 0 Å². The van der Waals surface area contributed by atoms with Gasteiger partial charge < -0.3 is 14.8 Å². The maximum Gasteiger partial charge on any atom is 0.0750 e. The van der Waals surface area contributed by atoms with Crippen LogP contribution >= 0.6 is 0 Å². The van der Waals surface area contributed by atoms with Crippen molar-refractivity contribution < 1.29 is 9.47 Å². The minimum Gasteiger partial charge on any atom is -0.385 e. The monoisotopic (exact) mass is 203 g/mol. The number of nitrogens with one attached hydrogen (secondary N) is 1. The Bertz CT molecular complexity index is 126.